The Morgan fingerprint density at radius 3 is 2.92 bits per heavy atom. The zero-order chi connectivity index (χ0) is 16.9. The smallest absolute Gasteiger partial charge is 0.249 e. The lowest BCUT2D eigenvalue weighted by atomic mass is 9.64. The highest BCUT2D eigenvalue weighted by molar-refractivity contribution is 6.05. The lowest BCUT2D eigenvalue weighted by Gasteiger charge is -2.54. The first-order valence-corrected chi connectivity index (χ1v) is 8.53. The van der Waals surface area contributed by atoms with Crippen LogP contribution in [0.15, 0.2) is 42.3 Å². The quantitative estimate of drug-likeness (QED) is 0.742. The highest BCUT2D eigenvalue weighted by Crippen LogP contribution is 2.57. The molecule has 1 saturated heterocycles. The number of carbonyl (C=O) groups is 1. The van der Waals surface area contributed by atoms with Gasteiger partial charge in [0.25, 0.3) is 0 Å². The summed E-state index contributed by atoms with van der Waals surface area (Å²) in [6, 6.07) is 7.48. The standard InChI is InChI=1S/C19H22N2O3/c1-2-18-9-5-11-21-17(23)12-14(19(18,21)24)13-6-3-4-7-15(13)20-16(22)8-10-18/h3-4,6-8,12,20,22,24H,2,5,9-11H2,1H3/b16-8-. The molecule has 3 aliphatic rings. The third-order valence-corrected chi connectivity index (χ3v) is 5.92. The summed E-state index contributed by atoms with van der Waals surface area (Å²) >= 11 is 0. The van der Waals surface area contributed by atoms with Crippen molar-refractivity contribution in [2.45, 2.75) is 38.3 Å². The van der Waals surface area contributed by atoms with Gasteiger partial charge in [0.05, 0.1) is 0 Å². The Hall–Kier alpha value is -2.27. The Labute approximate surface area is 141 Å². The van der Waals surface area contributed by atoms with Crippen LogP contribution in [0.25, 0.3) is 5.57 Å². The van der Waals surface area contributed by atoms with Crippen LogP contribution in [0.4, 0.5) is 5.69 Å². The van der Waals surface area contributed by atoms with Crippen molar-refractivity contribution in [1.82, 2.24) is 4.90 Å². The molecule has 4 rings (SSSR count). The fraction of sp³-hybridized carbons (Fsp3) is 0.421. The maximum atomic E-state index is 12.6. The Bertz CT molecular complexity index is 770. The maximum absolute atomic E-state index is 12.6. The second-order valence-electron chi connectivity index (χ2n) is 6.92. The number of benzene rings is 1. The largest absolute Gasteiger partial charge is 0.495 e. The van der Waals surface area contributed by atoms with E-state index in [4.69, 9.17) is 0 Å². The zero-order valence-electron chi connectivity index (χ0n) is 13.7. The lowest BCUT2D eigenvalue weighted by molar-refractivity contribution is -0.180. The van der Waals surface area contributed by atoms with Crippen LogP contribution in [0.5, 0.6) is 0 Å². The number of hydrogen-bond donors (Lipinski definition) is 3. The van der Waals surface area contributed by atoms with E-state index in [1.54, 1.807) is 17.1 Å². The van der Waals surface area contributed by atoms with E-state index in [-0.39, 0.29) is 11.8 Å². The summed E-state index contributed by atoms with van der Waals surface area (Å²) in [6.07, 6.45) is 6.19. The molecule has 0 spiro atoms. The van der Waals surface area contributed by atoms with E-state index in [1.807, 2.05) is 31.2 Å². The van der Waals surface area contributed by atoms with Crippen molar-refractivity contribution in [2.75, 3.05) is 11.9 Å². The molecular formula is C19H22N2O3. The number of allylic oxidation sites excluding steroid dienone is 1. The van der Waals surface area contributed by atoms with E-state index < -0.39 is 11.1 Å². The number of piperidine rings is 1. The minimum atomic E-state index is -1.34. The summed E-state index contributed by atoms with van der Waals surface area (Å²) in [5.41, 5.74) is 0.252. The Morgan fingerprint density at radius 2 is 2.12 bits per heavy atom. The number of hydrogen-bond acceptors (Lipinski definition) is 4. The average Bonchev–Trinajstić information content (AvgIpc) is 2.86. The number of aliphatic hydroxyl groups excluding tert-OH is 1. The van der Waals surface area contributed by atoms with Crippen molar-refractivity contribution in [3.05, 3.63) is 47.9 Å². The predicted molar refractivity (Wildman–Crippen MR) is 92.0 cm³/mol. The van der Waals surface area contributed by atoms with Crippen molar-refractivity contribution in [2.24, 2.45) is 5.41 Å². The van der Waals surface area contributed by atoms with Crippen LogP contribution in [0.2, 0.25) is 0 Å². The monoisotopic (exact) mass is 326 g/mol. The molecule has 3 heterocycles. The summed E-state index contributed by atoms with van der Waals surface area (Å²) in [4.78, 5) is 14.2. The highest BCUT2D eigenvalue weighted by atomic mass is 16.3. The Balaban J connectivity index is 2.01. The molecule has 1 aromatic carbocycles. The summed E-state index contributed by atoms with van der Waals surface area (Å²) in [5, 5.41) is 25.1. The van der Waals surface area contributed by atoms with Gasteiger partial charge in [0.1, 0.15) is 0 Å². The first-order chi connectivity index (χ1) is 11.5. The summed E-state index contributed by atoms with van der Waals surface area (Å²) in [5.74, 6) is -0.0449. The third-order valence-electron chi connectivity index (χ3n) is 5.92. The van der Waals surface area contributed by atoms with E-state index in [0.29, 0.717) is 24.2 Å². The van der Waals surface area contributed by atoms with Gasteiger partial charge in [-0.25, -0.2) is 0 Å². The number of anilines is 1. The van der Waals surface area contributed by atoms with Gasteiger partial charge in [-0.3, -0.25) is 4.79 Å². The van der Waals surface area contributed by atoms with Crippen molar-refractivity contribution >= 4 is 17.2 Å². The molecule has 24 heavy (non-hydrogen) atoms. The molecule has 1 aromatic rings. The Kier molecular flexibility index (Phi) is 3.25. The number of nitrogens with one attached hydrogen (secondary N) is 1. The maximum Gasteiger partial charge on any atom is 0.249 e. The predicted octanol–water partition coefficient (Wildman–Crippen LogP) is 3.01. The summed E-state index contributed by atoms with van der Waals surface area (Å²) < 4.78 is 0. The molecule has 3 aliphatic heterocycles. The number of para-hydroxylation sites is 1. The van der Waals surface area contributed by atoms with Crippen LogP contribution in [-0.2, 0) is 4.79 Å². The minimum Gasteiger partial charge on any atom is -0.495 e. The number of nitrogens with zero attached hydrogens (tertiary/aromatic N) is 1. The highest BCUT2D eigenvalue weighted by Gasteiger charge is 2.61. The molecular weight excluding hydrogens is 304 g/mol. The Morgan fingerprint density at radius 1 is 1.33 bits per heavy atom. The number of fused-ring (bicyclic) bond motifs is 2. The van der Waals surface area contributed by atoms with Gasteiger partial charge >= 0.3 is 0 Å². The van der Waals surface area contributed by atoms with E-state index in [2.05, 4.69) is 5.32 Å². The van der Waals surface area contributed by atoms with Gasteiger partial charge in [-0.05, 0) is 37.8 Å². The molecule has 1 amide bonds. The SMILES string of the molecule is CCC12C/C=C(\O)Nc3ccccc3C3=CC(=O)N(CCC1)C32O. The number of amides is 1. The molecule has 1 fully saturated rings. The molecule has 126 valence electrons. The topological polar surface area (TPSA) is 72.8 Å². The zero-order valence-corrected chi connectivity index (χ0v) is 13.7. The van der Waals surface area contributed by atoms with Crippen molar-refractivity contribution in [3.63, 3.8) is 0 Å². The number of aliphatic hydroxyl groups is 2. The van der Waals surface area contributed by atoms with Crippen LogP contribution in [0.3, 0.4) is 0 Å². The fourth-order valence-electron chi connectivity index (χ4n) is 4.59. The van der Waals surface area contributed by atoms with Crippen molar-refractivity contribution in [3.8, 4) is 0 Å². The fourth-order valence-corrected chi connectivity index (χ4v) is 4.59. The lowest BCUT2D eigenvalue weighted by Crippen LogP contribution is -2.62. The van der Waals surface area contributed by atoms with E-state index in [1.165, 1.54) is 0 Å². The van der Waals surface area contributed by atoms with Gasteiger partial charge in [0.2, 0.25) is 5.91 Å². The molecule has 0 bridgehead atoms. The molecule has 2 unspecified atom stereocenters. The third kappa shape index (κ3) is 1.82. The van der Waals surface area contributed by atoms with Crippen LogP contribution in [-0.4, -0.2) is 33.3 Å². The molecule has 0 saturated carbocycles. The van der Waals surface area contributed by atoms with E-state index in [0.717, 1.165) is 24.8 Å². The first kappa shape index (κ1) is 15.3. The summed E-state index contributed by atoms with van der Waals surface area (Å²) in [7, 11) is 0. The minimum absolute atomic E-state index is 0.0860. The molecule has 3 N–H and O–H groups in total. The molecule has 0 aliphatic carbocycles. The van der Waals surface area contributed by atoms with Crippen LogP contribution < -0.4 is 5.32 Å². The molecule has 2 atom stereocenters. The van der Waals surface area contributed by atoms with Crippen LogP contribution in [0.1, 0.15) is 38.2 Å². The average molecular weight is 326 g/mol. The van der Waals surface area contributed by atoms with Gasteiger partial charge in [0, 0.05) is 34.9 Å². The van der Waals surface area contributed by atoms with Gasteiger partial charge in [0.15, 0.2) is 11.6 Å². The molecule has 5 heteroatoms. The number of carbonyl (C=O) groups excluding carboxylic acids is 1. The molecule has 0 radical (unpaired) electrons. The van der Waals surface area contributed by atoms with E-state index >= 15 is 0 Å². The van der Waals surface area contributed by atoms with Gasteiger partial charge in [-0.15, -0.1) is 0 Å². The molecule has 5 nitrogen and oxygen atoms in total. The van der Waals surface area contributed by atoms with Gasteiger partial charge in [-0.2, -0.15) is 0 Å². The van der Waals surface area contributed by atoms with Crippen molar-refractivity contribution in [1.29, 1.82) is 0 Å². The number of rotatable bonds is 1. The van der Waals surface area contributed by atoms with E-state index in [9.17, 15) is 15.0 Å². The second kappa shape index (κ2) is 5.11. The first-order valence-electron chi connectivity index (χ1n) is 8.53. The second-order valence-corrected chi connectivity index (χ2v) is 6.92. The molecule has 0 aromatic heterocycles. The van der Waals surface area contributed by atoms with Crippen LogP contribution >= 0.6 is 0 Å². The van der Waals surface area contributed by atoms with Gasteiger partial charge in [-0.1, -0.05) is 25.1 Å². The van der Waals surface area contributed by atoms with Gasteiger partial charge < -0.3 is 20.4 Å². The van der Waals surface area contributed by atoms with Crippen LogP contribution in [0, 0.1) is 5.41 Å². The summed E-state index contributed by atoms with van der Waals surface area (Å²) in [6.45, 7) is 2.60. The normalized spacial score (nSPS) is 33.9. The van der Waals surface area contributed by atoms with Crippen molar-refractivity contribution < 1.29 is 15.0 Å².